The van der Waals surface area contributed by atoms with E-state index in [-0.39, 0.29) is 0 Å². The molecule has 0 aliphatic heterocycles. The lowest BCUT2D eigenvalue weighted by molar-refractivity contribution is 1.39. The first kappa shape index (κ1) is 7.56. The molecule has 3 aromatic rings. The molecule has 3 rings (SSSR count). The molecule has 2 aromatic heterocycles. The third-order valence-electron chi connectivity index (χ3n) is 2.62. The lowest BCUT2D eigenvalue weighted by atomic mass is 10.1. The summed E-state index contributed by atoms with van der Waals surface area (Å²) in [7, 11) is 0. The molecule has 0 unspecified atom stereocenters. The number of pyridine rings is 1. The Balaban J connectivity index is 2.67. The molecule has 0 amide bonds. The van der Waals surface area contributed by atoms with E-state index >= 15 is 0 Å². The van der Waals surface area contributed by atoms with Crippen LogP contribution in [0.5, 0.6) is 0 Å². The summed E-state index contributed by atoms with van der Waals surface area (Å²) in [6.45, 7) is 2.13. The second kappa shape index (κ2) is 2.58. The van der Waals surface area contributed by atoms with Crippen LogP contribution in [-0.4, -0.2) is 9.97 Å². The van der Waals surface area contributed by atoms with Crippen molar-refractivity contribution in [1.29, 1.82) is 0 Å². The number of aromatic amines is 1. The number of aryl methyl sites for hydroxylation is 1. The Kier molecular flexibility index (Phi) is 1.39. The monoisotopic (exact) mass is 182 g/mol. The molecule has 68 valence electrons. The summed E-state index contributed by atoms with van der Waals surface area (Å²) < 4.78 is 0. The van der Waals surface area contributed by atoms with E-state index in [1.54, 1.807) is 0 Å². The normalized spacial score (nSPS) is 11.2. The second-order valence-corrected chi connectivity index (χ2v) is 3.53. The number of benzene rings is 1. The lowest BCUT2D eigenvalue weighted by Gasteiger charge is -2.02. The molecule has 0 spiro atoms. The van der Waals surface area contributed by atoms with E-state index in [9.17, 15) is 0 Å². The zero-order chi connectivity index (χ0) is 9.54. The zero-order valence-electron chi connectivity index (χ0n) is 7.91. The number of rotatable bonds is 0. The molecule has 0 bridgehead atoms. The predicted octanol–water partition coefficient (Wildman–Crippen LogP) is 3.02. The summed E-state index contributed by atoms with van der Waals surface area (Å²) in [6.07, 6.45) is 3.79. The van der Waals surface area contributed by atoms with Gasteiger partial charge in [0.05, 0.1) is 11.0 Å². The maximum Gasteiger partial charge on any atom is 0.0943 e. The second-order valence-electron chi connectivity index (χ2n) is 3.53. The first-order valence-corrected chi connectivity index (χ1v) is 4.68. The Labute approximate surface area is 81.6 Å². The molecule has 0 fully saturated rings. The molecule has 1 aromatic carbocycles. The smallest absolute Gasteiger partial charge is 0.0943 e. The van der Waals surface area contributed by atoms with Crippen molar-refractivity contribution >= 4 is 21.8 Å². The topological polar surface area (TPSA) is 28.7 Å². The van der Waals surface area contributed by atoms with Crippen molar-refractivity contribution in [3.8, 4) is 0 Å². The van der Waals surface area contributed by atoms with Crippen LogP contribution in [0.4, 0.5) is 0 Å². The molecule has 0 aliphatic carbocycles. The van der Waals surface area contributed by atoms with Crippen LogP contribution in [0.2, 0.25) is 0 Å². The first-order chi connectivity index (χ1) is 6.86. The largest absolute Gasteiger partial charge is 0.359 e. The van der Waals surface area contributed by atoms with E-state index in [0.29, 0.717) is 0 Å². The summed E-state index contributed by atoms with van der Waals surface area (Å²) in [5.74, 6) is 0. The van der Waals surface area contributed by atoms with Gasteiger partial charge in [0.15, 0.2) is 0 Å². The van der Waals surface area contributed by atoms with Crippen LogP contribution in [0.15, 0.2) is 36.7 Å². The van der Waals surface area contributed by atoms with Gasteiger partial charge in [-0.2, -0.15) is 0 Å². The van der Waals surface area contributed by atoms with Gasteiger partial charge in [0.2, 0.25) is 0 Å². The van der Waals surface area contributed by atoms with Gasteiger partial charge in [0.1, 0.15) is 0 Å². The molecule has 0 saturated carbocycles. The molecule has 0 atom stereocenters. The molecular formula is C12H10N2. The number of hydrogen-bond donors (Lipinski definition) is 1. The fraction of sp³-hybridized carbons (Fsp3) is 0.0833. The average Bonchev–Trinajstić information content (AvgIpc) is 2.66. The molecular weight excluding hydrogens is 172 g/mol. The Bertz CT molecular complexity index is 608. The van der Waals surface area contributed by atoms with Crippen LogP contribution < -0.4 is 0 Å². The SMILES string of the molecule is Cc1cc2ccnc2c2[nH]cccc12. The molecule has 0 aliphatic rings. The fourth-order valence-electron chi connectivity index (χ4n) is 1.94. The maximum atomic E-state index is 4.36. The Morgan fingerprint density at radius 3 is 3.14 bits per heavy atom. The minimum atomic E-state index is 1.06. The van der Waals surface area contributed by atoms with Crippen molar-refractivity contribution in [1.82, 2.24) is 9.97 Å². The average molecular weight is 182 g/mol. The number of fused-ring (bicyclic) bond motifs is 3. The van der Waals surface area contributed by atoms with Gasteiger partial charge in [-0.05, 0) is 30.7 Å². The highest BCUT2D eigenvalue weighted by Gasteiger charge is 2.04. The van der Waals surface area contributed by atoms with E-state index in [4.69, 9.17) is 0 Å². The van der Waals surface area contributed by atoms with Crippen molar-refractivity contribution in [3.05, 3.63) is 42.2 Å². The standard InChI is InChI=1S/C12H10N2/c1-8-7-9-4-6-14-11(9)12-10(8)3-2-5-13-12/h2-7,13H,1H3. The number of H-pyrrole nitrogens is 1. The summed E-state index contributed by atoms with van der Waals surface area (Å²) in [5.41, 5.74) is 3.48. The Morgan fingerprint density at radius 1 is 1.29 bits per heavy atom. The summed E-state index contributed by atoms with van der Waals surface area (Å²) in [6, 6.07) is 8.36. The van der Waals surface area contributed by atoms with Crippen LogP contribution in [-0.2, 0) is 0 Å². The van der Waals surface area contributed by atoms with E-state index in [1.165, 1.54) is 16.3 Å². The number of nitrogens with one attached hydrogen (secondary N) is 1. The highest BCUT2D eigenvalue weighted by molar-refractivity contribution is 6.04. The summed E-state index contributed by atoms with van der Waals surface area (Å²) in [4.78, 5) is 7.61. The van der Waals surface area contributed by atoms with E-state index < -0.39 is 0 Å². The van der Waals surface area contributed by atoms with Crippen molar-refractivity contribution in [2.75, 3.05) is 0 Å². The molecule has 0 saturated heterocycles. The van der Waals surface area contributed by atoms with Crippen LogP contribution in [0.1, 0.15) is 5.56 Å². The van der Waals surface area contributed by atoms with Crippen LogP contribution in [0.3, 0.4) is 0 Å². The van der Waals surface area contributed by atoms with E-state index in [1.807, 2.05) is 24.5 Å². The van der Waals surface area contributed by atoms with Gasteiger partial charge in [-0.1, -0.05) is 6.07 Å². The molecule has 0 radical (unpaired) electrons. The fourth-order valence-corrected chi connectivity index (χ4v) is 1.94. The van der Waals surface area contributed by atoms with E-state index in [0.717, 1.165) is 11.0 Å². The van der Waals surface area contributed by atoms with E-state index in [2.05, 4.69) is 29.0 Å². The Morgan fingerprint density at radius 2 is 2.21 bits per heavy atom. The quantitative estimate of drug-likeness (QED) is 0.568. The van der Waals surface area contributed by atoms with Gasteiger partial charge >= 0.3 is 0 Å². The van der Waals surface area contributed by atoms with Gasteiger partial charge in [-0.15, -0.1) is 0 Å². The van der Waals surface area contributed by atoms with Crippen LogP contribution in [0.25, 0.3) is 21.8 Å². The van der Waals surface area contributed by atoms with Gasteiger partial charge in [0.25, 0.3) is 0 Å². The lowest BCUT2D eigenvalue weighted by Crippen LogP contribution is -1.83. The van der Waals surface area contributed by atoms with Crippen LogP contribution >= 0.6 is 0 Å². The first-order valence-electron chi connectivity index (χ1n) is 4.68. The molecule has 2 nitrogen and oxygen atoms in total. The number of nitrogens with zero attached hydrogens (tertiary/aromatic N) is 1. The van der Waals surface area contributed by atoms with Crippen molar-refractivity contribution in [2.45, 2.75) is 6.92 Å². The van der Waals surface area contributed by atoms with Crippen molar-refractivity contribution < 1.29 is 0 Å². The maximum absolute atomic E-state index is 4.36. The van der Waals surface area contributed by atoms with Gasteiger partial charge in [-0.25, -0.2) is 0 Å². The molecule has 2 heterocycles. The minimum Gasteiger partial charge on any atom is -0.359 e. The number of aromatic nitrogens is 2. The van der Waals surface area contributed by atoms with Crippen molar-refractivity contribution in [2.24, 2.45) is 0 Å². The molecule has 14 heavy (non-hydrogen) atoms. The molecule has 1 N–H and O–H groups in total. The van der Waals surface area contributed by atoms with Crippen molar-refractivity contribution in [3.63, 3.8) is 0 Å². The van der Waals surface area contributed by atoms with Gasteiger partial charge < -0.3 is 4.98 Å². The van der Waals surface area contributed by atoms with Gasteiger partial charge in [0, 0.05) is 23.2 Å². The highest BCUT2D eigenvalue weighted by Crippen LogP contribution is 2.25. The minimum absolute atomic E-state index is 1.06. The zero-order valence-corrected chi connectivity index (χ0v) is 7.91. The van der Waals surface area contributed by atoms with Crippen LogP contribution in [0, 0.1) is 6.92 Å². The third kappa shape index (κ3) is 0.880. The number of hydrogen-bond acceptors (Lipinski definition) is 1. The summed E-state index contributed by atoms with van der Waals surface area (Å²) in [5, 5.41) is 2.45. The molecule has 2 heteroatoms. The highest BCUT2D eigenvalue weighted by atomic mass is 14.7. The summed E-state index contributed by atoms with van der Waals surface area (Å²) >= 11 is 0. The third-order valence-corrected chi connectivity index (χ3v) is 2.62. The predicted molar refractivity (Wildman–Crippen MR) is 58.3 cm³/mol. The Hall–Kier alpha value is -1.83. The van der Waals surface area contributed by atoms with Gasteiger partial charge in [-0.3, -0.25) is 4.98 Å².